The zero-order valence-corrected chi connectivity index (χ0v) is 12.2. The van der Waals surface area contributed by atoms with Crippen LogP contribution in [0.5, 0.6) is 0 Å². The van der Waals surface area contributed by atoms with Crippen LogP contribution in [0.2, 0.25) is 0 Å². The van der Waals surface area contributed by atoms with E-state index < -0.39 is 27.8 Å². The summed E-state index contributed by atoms with van der Waals surface area (Å²) >= 11 is 0. The van der Waals surface area contributed by atoms with Gasteiger partial charge in [-0.1, -0.05) is 6.92 Å². The number of esters is 1. The maximum Gasteiger partial charge on any atom is 0.417 e. The molecule has 0 aliphatic heterocycles. The number of nitrogens with one attached hydrogen (secondary N) is 2. The van der Waals surface area contributed by atoms with Crippen LogP contribution in [0.4, 0.5) is 0 Å². The number of hydrogen-bond acceptors (Lipinski definition) is 6. The molecule has 0 saturated heterocycles. The van der Waals surface area contributed by atoms with E-state index in [0.717, 1.165) is 0 Å². The fourth-order valence-corrected chi connectivity index (χ4v) is 3.07. The molecule has 0 aliphatic rings. The first-order chi connectivity index (χ1) is 9.87. The number of oxazole rings is 1. The van der Waals surface area contributed by atoms with Gasteiger partial charge in [0, 0.05) is 6.07 Å². The first kappa shape index (κ1) is 15.3. The van der Waals surface area contributed by atoms with Crippen molar-refractivity contribution in [2.45, 2.75) is 24.3 Å². The summed E-state index contributed by atoms with van der Waals surface area (Å²) < 4.78 is 36.0. The summed E-state index contributed by atoms with van der Waals surface area (Å²) in [6, 6.07) is 2.95. The van der Waals surface area contributed by atoms with Crippen molar-refractivity contribution in [3.63, 3.8) is 0 Å². The quantitative estimate of drug-likeness (QED) is 0.769. The predicted molar refractivity (Wildman–Crippen MR) is 73.3 cm³/mol. The second-order valence-corrected chi connectivity index (χ2v) is 5.99. The standard InChI is InChI=1S/C12H14N2O6S/c1-3-8(11(15)19-2)14-21(17,18)7-4-5-9-10(6-7)20-12(16)13-9/h4-6,8,14H,3H2,1-2H3,(H,13,16). The molecule has 1 atom stereocenters. The van der Waals surface area contributed by atoms with E-state index in [4.69, 9.17) is 4.42 Å². The molecule has 9 heteroatoms. The monoisotopic (exact) mass is 314 g/mol. The molecule has 2 aromatic rings. The van der Waals surface area contributed by atoms with E-state index in [-0.39, 0.29) is 16.9 Å². The van der Waals surface area contributed by atoms with Crippen LogP contribution in [0.25, 0.3) is 11.1 Å². The Kier molecular flexibility index (Phi) is 4.14. The second kappa shape index (κ2) is 5.70. The average molecular weight is 314 g/mol. The van der Waals surface area contributed by atoms with Crippen LogP contribution < -0.4 is 10.5 Å². The number of aromatic nitrogens is 1. The number of sulfonamides is 1. The number of H-pyrrole nitrogens is 1. The lowest BCUT2D eigenvalue weighted by atomic mass is 10.2. The first-order valence-corrected chi connectivity index (χ1v) is 7.58. The lowest BCUT2D eigenvalue weighted by Gasteiger charge is -2.14. The normalized spacial score (nSPS) is 13.2. The zero-order valence-electron chi connectivity index (χ0n) is 11.4. The average Bonchev–Trinajstić information content (AvgIpc) is 2.82. The Labute approximate surface area is 120 Å². The van der Waals surface area contributed by atoms with E-state index in [1.165, 1.54) is 25.3 Å². The number of rotatable bonds is 5. The third-order valence-electron chi connectivity index (χ3n) is 2.89. The van der Waals surface area contributed by atoms with Gasteiger partial charge in [0.15, 0.2) is 5.58 Å². The van der Waals surface area contributed by atoms with Crippen LogP contribution in [0, 0.1) is 0 Å². The number of ether oxygens (including phenoxy) is 1. The van der Waals surface area contributed by atoms with E-state index in [9.17, 15) is 18.0 Å². The maximum atomic E-state index is 12.2. The van der Waals surface area contributed by atoms with E-state index in [1.54, 1.807) is 6.92 Å². The fraction of sp³-hybridized carbons (Fsp3) is 0.333. The lowest BCUT2D eigenvalue weighted by Crippen LogP contribution is -2.40. The molecule has 1 aromatic heterocycles. The zero-order chi connectivity index (χ0) is 15.6. The van der Waals surface area contributed by atoms with Gasteiger partial charge in [0.2, 0.25) is 10.0 Å². The summed E-state index contributed by atoms with van der Waals surface area (Å²) in [7, 11) is -2.76. The molecule has 0 fully saturated rings. The van der Waals surface area contributed by atoms with Gasteiger partial charge < -0.3 is 9.15 Å². The number of aromatic amines is 1. The first-order valence-electron chi connectivity index (χ1n) is 6.10. The van der Waals surface area contributed by atoms with Crippen LogP contribution >= 0.6 is 0 Å². The van der Waals surface area contributed by atoms with Gasteiger partial charge in [0.25, 0.3) is 0 Å². The molecule has 2 rings (SSSR count). The number of fused-ring (bicyclic) bond motifs is 1. The molecule has 8 nitrogen and oxygen atoms in total. The summed E-state index contributed by atoms with van der Waals surface area (Å²) in [5, 5.41) is 0. The van der Waals surface area contributed by atoms with E-state index in [0.29, 0.717) is 5.52 Å². The Hall–Kier alpha value is -2.13. The molecule has 114 valence electrons. The Morgan fingerprint density at radius 2 is 2.19 bits per heavy atom. The van der Waals surface area contributed by atoms with Gasteiger partial charge in [-0.3, -0.25) is 9.78 Å². The van der Waals surface area contributed by atoms with Gasteiger partial charge in [-0.15, -0.1) is 0 Å². The van der Waals surface area contributed by atoms with Crippen LogP contribution in [0.1, 0.15) is 13.3 Å². The molecule has 0 radical (unpaired) electrons. The minimum Gasteiger partial charge on any atom is -0.468 e. The molecule has 21 heavy (non-hydrogen) atoms. The molecule has 0 amide bonds. The van der Waals surface area contributed by atoms with E-state index in [1.807, 2.05) is 0 Å². The second-order valence-electron chi connectivity index (χ2n) is 4.28. The third kappa shape index (κ3) is 3.14. The topological polar surface area (TPSA) is 118 Å². The van der Waals surface area contributed by atoms with Gasteiger partial charge in [0.1, 0.15) is 6.04 Å². The van der Waals surface area contributed by atoms with Crippen LogP contribution in [-0.4, -0.2) is 32.5 Å². The summed E-state index contributed by atoms with van der Waals surface area (Å²) in [4.78, 5) is 24.8. The molecule has 1 aromatic carbocycles. The van der Waals surface area contributed by atoms with Crippen molar-refractivity contribution < 1.29 is 22.4 Å². The fourth-order valence-electron chi connectivity index (χ4n) is 1.79. The highest BCUT2D eigenvalue weighted by molar-refractivity contribution is 7.89. The summed E-state index contributed by atoms with van der Waals surface area (Å²) in [5.41, 5.74) is 0.507. The number of methoxy groups -OCH3 is 1. The number of hydrogen-bond donors (Lipinski definition) is 2. The number of carbonyl (C=O) groups is 1. The van der Waals surface area contributed by atoms with Crippen LogP contribution in [-0.2, 0) is 19.6 Å². The molecule has 0 bridgehead atoms. The minimum atomic E-state index is -3.94. The van der Waals surface area contributed by atoms with Crippen molar-refractivity contribution in [2.75, 3.05) is 7.11 Å². The predicted octanol–water partition coefficient (Wildman–Crippen LogP) is 0.351. The number of carbonyl (C=O) groups excluding carboxylic acids is 1. The van der Waals surface area contributed by atoms with Crippen LogP contribution in [0.3, 0.4) is 0 Å². The third-order valence-corrected chi connectivity index (χ3v) is 4.36. The van der Waals surface area contributed by atoms with Gasteiger partial charge in [-0.05, 0) is 18.6 Å². The summed E-state index contributed by atoms with van der Waals surface area (Å²) in [5.74, 6) is -1.34. The van der Waals surface area contributed by atoms with Crippen molar-refractivity contribution in [2.24, 2.45) is 0 Å². The molecule has 0 spiro atoms. The minimum absolute atomic E-state index is 0.111. The molecule has 0 saturated carbocycles. The van der Waals surface area contributed by atoms with Gasteiger partial charge in [0.05, 0.1) is 17.5 Å². The smallest absolute Gasteiger partial charge is 0.417 e. The largest absolute Gasteiger partial charge is 0.468 e. The highest BCUT2D eigenvalue weighted by Gasteiger charge is 2.25. The van der Waals surface area contributed by atoms with Gasteiger partial charge in [-0.2, -0.15) is 4.72 Å². The Morgan fingerprint density at radius 1 is 1.48 bits per heavy atom. The van der Waals surface area contributed by atoms with E-state index in [2.05, 4.69) is 14.4 Å². The van der Waals surface area contributed by atoms with Crippen LogP contribution in [0.15, 0.2) is 32.3 Å². The van der Waals surface area contributed by atoms with E-state index >= 15 is 0 Å². The molecular weight excluding hydrogens is 300 g/mol. The molecular formula is C12H14N2O6S. The van der Waals surface area contributed by atoms with Crippen molar-refractivity contribution in [3.05, 3.63) is 28.7 Å². The van der Waals surface area contributed by atoms with Gasteiger partial charge >= 0.3 is 11.7 Å². The highest BCUT2D eigenvalue weighted by atomic mass is 32.2. The van der Waals surface area contributed by atoms with Crippen molar-refractivity contribution in [3.8, 4) is 0 Å². The summed E-state index contributed by atoms with van der Waals surface area (Å²) in [6.07, 6.45) is 0.243. The lowest BCUT2D eigenvalue weighted by molar-refractivity contribution is -0.142. The number of benzene rings is 1. The maximum absolute atomic E-state index is 12.2. The van der Waals surface area contributed by atoms with Crippen molar-refractivity contribution >= 4 is 27.1 Å². The SMILES string of the molecule is CCC(NS(=O)(=O)c1ccc2[nH]c(=O)oc2c1)C(=O)OC. The molecule has 2 N–H and O–H groups in total. The van der Waals surface area contributed by atoms with Crippen molar-refractivity contribution in [1.82, 2.24) is 9.71 Å². The Morgan fingerprint density at radius 3 is 2.81 bits per heavy atom. The summed E-state index contributed by atoms with van der Waals surface area (Å²) in [6.45, 7) is 1.65. The molecule has 1 heterocycles. The molecule has 0 aliphatic carbocycles. The van der Waals surface area contributed by atoms with Crippen molar-refractivity contribution in [1.29, 1.82) is 0 Å². The molecule has 1 unspecified atom stereocenters. The Balaban J connectivity index is 2.36. The highest BCUT2D eigenvalue weighted by Crippen LogP contribution is 2.17. The Bertz CT molecular complexity index is 820. The van der Waals surface area contributed by atoms with Gasteiger partial charge in [-0.25, -0.2) is 13.2 Å².